The third-order valence-electron chi connectivity index (χ3n) is 1.98. The van der Waals surface area contributed by atoms with E-state index in [1.165, 1.54) is 13.3 Å². The molecule has 0 saturated heterocycles. The zero-order valence-electron chi connectivity index (χ0n) is 9.09. The Kier molecular flexibility index (Phi) is 4.79. The van der Waals surface area contributed by atoms with Crippen molar-refractivity contribution in [1.82, 2.24) is 0 Å². The van der Waals surface area contributed by atoms with E-state index in [2.05, 4.69) is 4.99 Å². The standard InChI is InChI=1S/C12H14N2O2/c1-16-12(13)11(9-15)8-14-7-10-5-3-2-4-6-10/h2-6,8-9H,7,13H2,1H3. The summed E-state index contributed by atoms with van der Waals surface area (Å²) in [5.41, 5.74) is 6.76. The van der Waals surface area contributed by atoms with Crippen LogP contribution in [0.4, 0.5) is 0 Å². The molecule has 0 aliphatic rings. The van der Waals surface area contributed by atoms with Gasteiger partial charge < -0.3 is 10.5 Å². The highest BCUT2D eigenvalue weighted by atomic mass is 16.5. The van der Waals surface area contributed by atoms with E-state index in [1.54, 1.807) is 0 Å². The first-order chi connectivity index (χ1) is 7.77. The van der Waals surface area contributed by atoms with E-state index in [9.17, 15) is 4.79 Å². The van der Waals surface area contributed by atoms with Crippen LogP contribution in [-0.2, 0) is 16.1 Å². The maximum Gasteiger partial charge on any atom is 0.196 e. The Bertz CT molecular complexity index is 397. The quantitative estimate of drug-likeness (QED) is 0.350. The van der Waals surface area contributed by atoms with Crippen molar-refractivity contribution in [3.8, 4) is 0 Å². The number of methoxy groups -OCH3 is 1. The van der Waals surface area contributed by atoms with E-state index in [1.807, 2.05) is 30.3 Å². The van der Waals surface area contributed by atoms with Crippen LogP contribution in [0.25, 0.3) is 0 Å². The summed E-state index contributed by atoms with van der Waals surface area (Å²) in [4.78, 5) is 14.7. The fraction of sp³-hybridized carbons (Fsp3) is 0.167. The maximum absolute atomic E-state index is 10.6. The molecule has 0 saturated carbocycles. The molecule has 16 heavy (non-hydrogen) atoms. The number of hydrogen-bond acceptors (Lipinski definition) is 4. The van der Waals surface area contributed by atoms with E-state index in [0.29, 0.717) is 12.8 Å². The smallest absolute Gasteiger partial charge is 0.196 e. The predicted octanol–water partition coefficient (Wildman–Crippen LogP) is 1.27. The second kappa shape index (κ2) is 6.40. The molecule has 4 nitrogen and oxygen atoms in total. The van der Waals surface area contributed by atoms with Crippen molar-refractivity contribution in [3.63, 3.8) is 0 Å². The highest BCUT2D eigenvalue weighted by Gasteiger charge is 1.98. The largest absolute Gasteiger partial charge is 0.482 e. The molecular formula is C12H14N2O2. The van der Waals surface area contributed by atoms with Crippen LogP contribution in [-0.4, -0.2) is 19.6 Å². The lowest BCUT2D eigenvalue weighted by Crippen LogP contribution is -2.06. The number of rotatable bonds is 5. The topological polar surface area (TPSA) is 64.7 Å². The van der Waals surface area contributed by atoms with Gasteiger partial charge in [0.25, 0.3) is 0 Å². The summed E-state index contributed by atoms with van der Waals surface area (Å²) >= 11 is 0. The number of aldehydes is 1. The Morgan fingerprint density at radius 3 is 2.69 bits per heavy atom. The van der Waals surface area contributed by atoms with Gasteiger partial charge in [-0.15, -0.1) is 0 Å². The van der Waals surface area contributed by atoms with Gasteiger partial charge in [0.2, 0.25) is 0 Å². The molecule has 0 atom stereocenters. The minimum absolute atomic E-state index is 0.0758. The molecule has 84 valence electrons. The molecule has 1 rings (SSSR count). The van der Waals surface area contributed by atoms with Gasteiger partial charge in [0.05, 0.1) is 19.2 Å². The van der Waals surface area contributed by atoms with Crippen LogP contribution < -0.4 is 5.73 Å². The van der Waals surface area contributed by atoms with Crippen LogP contribution in [0.3, 0.4) is 0 Å². The van der Waals surface area contributed by atoms with Crippen LogP contribution >= 0.6 is 0 Å². The molecule has 0 aliphatic heterocycles. The second-order valence-electron chi connectivity index (χ2n) is 3.10. The van der Waals surface area contributed by atoms with Gasteiger partial charge in [-0.2, -0.15) is 0 Å². The monoisotopic (exact) mass is 218 g/mol. The highest BCUT2D eigenvalue weighted by molar-refractivity contribution is 6.02. The summed E-state index contributed by atoms with van der Waals surface area (Å²) in [6.07, 6.45) is 2.03. The number of carbonyl (C=O) groups excluding carboxylic acids is 1. The Hall–Kier alpha value is -2.10. The lowest BCUT2D eigenvalue weighted by atomic mass is 10.2. The minimum Gasteiger partial charge on any atom is -0.482 e. The van der Waals surface area contributed by atoms with Gasteiger partial charge in [-0.25, -0.2) is 0 Å². The van der Waals surface area contributed by atoms with E-state index >= 15 is 0 Å². The number of nitrogens with two attached hydrogens (primary N) is 1. The van der Waals surface area contributed by atoms with E-state index in [0.717, 1.165) is 5.56 Å². The van der Waals surface area contributed by atoms with Gasteiger partial charge in [-0.05, 0) is 5.56 Å². The van der Waals surface area contributed by atoms with Gasteiger partial charge in [-0.1, -0.05) is 30.3 Å². The van der Waals surface area contributed by atoms with Crippen molar-refractivity contribution in [2.45, 2.75) is 6.54 Å². The molecule has 0 fully saturated rings. The zero-order chi connectivity index (χ0) is 11.8. The third-order valence-corrected chi connectivity index (χ3v) is 1.98. The Labute approximate surface area is 94.4 Å². The first-order valence-electron chi connectivity index (χ1n) is 4.80. The van der Waals surface area contributed by atoms with Crippen molar-refractivity contribution in [2.75, 3.05) is 7.11 Å². The maximum atomic E-state index is 10.6. The molecular weight excluding hydrogens is 204 g/mol. The lowest BCUT2D eigenvalue weighted by Gasteiger charge is -1.99. The first kappa shape index (κ1) is 12.0. The number of hydrogen-bond donors (Lipinski definition) is 1. The number of allylic oxidation sites excluding steroid dienone is 1. The summed E-state index contributed by atoms with van der Waals surface area (Å²) in [6.45, 7) is 0.509. The summed E-state index contributed by atoms with van der Waals surface area (Å²) in [5.74, 6) is 0.0758. The molecule has 0 amide bonds. The molecule has 0 unspecified atom stereocenters. The molecule has 0 aromatic heterocycles. The molecule has 4 heteroatoms. The molecule has 2 N–H and O–H groups in total. The van der Waals surface area contributed by atoms with E-state index < -0.39 is 0 Å². The third kappa shape index (κ3) is 3.57. The molecule has 0 spiro atoms. The predicted molar refractivity (Wildman–Crippen MR) is 62.9 cm³/mol. The van der Waals surface area contributed by atoms with Gasteiger partial charge >= 0.3 is 0 Å². The van der Waals surface area contributed by atoms with Crippen molar-refractivity contribution < 1.29 is 9.53 Å². The summed E-state index contributed by atoms with van der Waals surface area (Å²) in [6, 6.07) is 9.73. The number of aliphatic imine (C=N–C) groups is 1. The summed E-state index contributed by atoms with van der Waals surface area (Å²) in [5, 5.41) is 0. The number of carbonyl (C=O) groups is 1. The van der Waals surface area contributed by atoms with Crippen LogP contribution in [0.5, 0.6) is 0 Å². The molecule has 1 aromatic carbocycles. The number of benzene rings is 1. The second-order valence-corrected chi connectivity index (χ2v) is 3.10. The zero-order valence-corrected chi connectivity index (χ0v) is 9.09. The average molecular weight is 218 g/mol. The molecule has 0 radical (unpaired) electrons. The minimum atomic E-state index is 0.0758. The van der Waals surface area contributed by atoms with E-state index in [-0.39, 0.29) is 11.5 Å². The molecule has 0 bridgehead atoms. The van der Waals surface area contributed by atoms with Crippen LogP contribution in [0.15, 0.2) is 46.8 Å². The van der Waals surface area contributed by atoms with Gasteiger partial charge in [0, 0.05) is 6.21 Å². The van der Waals surface area contributed by atoms with Gasteiger partial charge in [0.15, 0.2) is 12.2 Å². The molecule has 1 aromatic rings. The fourth-order valence-electron chi connectivity index (χ4n) is 1.10. The Balaban J connectivity index is 2.64. The Morgan fingerprint density at radius 2 is 2.12 bits per heavy atom. The molecule has 0 aliphatic carbocycles. The van der Waals surface area contributed by atoms with E-state index in [4.69, 9.17) is 10.5 Å². The van der Waals surface area contributed by atoms with Crippen molar-refractivity contribution in [2.24, 2.45) is 10.7 Å². The molecule has 0 heterocycles. The lowest BCUT2D eigenvalue weighted by molar-refractivity contribution is -0.104. The SMILES string of the molecule is COC(N)=C(C=O)C=NCc1ccccc1. The normalized spacial score (nSPS) is 12.3. The first-order valence-corrected chi connectivity index (χ1v) is 4.80. The van der Waals surface area contributed by atoms with Gasteiger partial charge in [-0.3, -0.25) is 9.79 Å². The van der Waals surface area contributed by atoms with Gasteiger partial charge in [0.1, 0.15) is 0 Å². The summed E-state index contributed by atoms with van der Waals surface area (Å²) in [7, 11) is 1.41. The van der Waals surface area contributed by atoms with Crippen LogP contribution in [0.1, 0.15) is 5.56 Å². The van der Waals surface area contributed by atoms with Crippen LogP contribution in [0, 0.1) is 0 Å². The van der Waals surface area contributed by atoms with Crippen LogP contribution in [0.2, 0.25) is 0 Å². The number of nitrogens with zero attached hydrogens (tertiary/aromatic N) is 1. The average Bonchev–Trinajstić information content (AvgIpc) is 2.35. The van der Waals surface area contributed by atoms with Crippen molar-refractivity contribution >= 4 is 12.5 Å². The van der Waals surface area contributed by atoms with Crippen molar-refractivity contribution in [3.05, 3.63) is 47.4 Å². The highest BCUT2D eigenvalue weighted by Crippen LogP contribution is 2.00. The number of ether oxygens (including phenoxy) is 1. The fourth-order valence-corrected chi connectivity index (χ4v) is 1.10. The Morgan fingerprint density at radius 1 is 1.44 bits per heavy atom. The van der Waals surface area contributed by atoms with Crippen molar-refractivity contribution in [1.29, 1.82) is 0 Å². The summed E-state index contributed by atoms with van der Waals surface area (Å²) < 4.78 is 4.74.